The van der Waals surface area contributed by atoms with Gasteiger partial charge in [-0.1, -0.05) is 5.16 Å². The fourth-order valence-corrected chi connectivity index (χ4v) is 3.53. The number of nitrogens with one attached hydrogen (secondary N) is 2. The summed E-state index contributed by atoms with van der Waals surface area (Å²) in [5.41, 5.74) is 2.27. The standard InChI is InChI=1S/C13H17N3O3S/c1-9-6-11(14-3)7-10(2)13(9)20(17,18)16-8-12-4-5-15-19-12/h4-7,14,16H,8H2,1-3H3. The molecule has 0 saturated heterocycles. The molecule has 2 N–H and O–H groups in total. The van der Waals surface area contributed by atoms with Gasteiger partial charge in [-0.25, -0.2) is 13.1 Å². The van der Waals surface area contributed by atoms with E-state index in [1.165, 1.54) is 6.20 Å². The summed E-state index contributed by atoms with van der Waals surface area (Å²) >= 11 is 0. The van der Waals surface area contributed by atoms with E-state index in [1.807, 2.05) is 0 Å². The molecular formula is C13H17N3O3S. The van der Waals surface area contributed by atoms with E-state index in [0.717, 1.165) is 5.69 Å². The Balaban J connectivity index is 2.29. The van der Waals surface area contributed by atoms with Crippen molar-refractivity contribution in [1.29, 1.82) is 0 Å². The van der Waals surface area contributed by atoms with Crippen molar-refractivity contribution in [3.05, 3.63) is 41.3 Å². The fourth-order valence-electron chi connectivity index (χ4n) is 2.09. The third kappa shape index (κ3) is 3.00. The molecule has 1 aromatic carbocycles. The van der Waals surface area contributed by atoms with E-state index in [1.54, 1.807) is 39.1 Å². The van der Waals surface area contributed by atoms with Gasteiger partial charge in [-0.2, -0.15) is 0 Å². The molecular weight excluding hydrogens is 278 g/mol. The molecule has 0 aliphatic heterocycles. The van der Waals surface area contributed by atoms with Gasteiger partial charge in [-0.05, 0) is 37.1 Å². The molecule has 2 aromatic rings. The van der Waals surface area contributed by atoms with Crippen molar-refractivity contribution < 1.29 is 12.9 Å². The van der Waals surface area contributed by atoms with Gasteiger partial charge in [0.1, 0.15) is 0 Å². The maximum absolute atomic E-state index is 12.4. The largest absolute Gasteiger partial charge is 0.388 e. The molecule has 0 atom stereocenters. The van der Waals surface area contributed by atoms with E-state index in [-0.39, 0.29) is 6.54 Å². The van der Waals surface area contributed by atoms with Crippen LogP contribution in [0.25, 0.3) is 0 Å². The minimum absolute atomic E-state index is 0.0784. The quantitative estimate of drug-likeness (QED) is 0.879. The molecule has 108 valence electrons. The Hall–Kier alpha value is -1.86. The van der Waals surface area contributed by atoms with Gasteiger partial charge in [0, 0.05) is 18.8 Å². The van der Waals surface area contributed by atoms with Crippen LogP contribution in [0.4, 0.5) is 5.69 Å². The third-order valence-corrected chi connectivity index (χ3v) is 4.65. The van der Waals surface area contributed by atoms with Crippen molar-refractivity contribution in [2.45, 2.75) is 25.3 Å². The Morgan fingerprint density at radius 2 is 1.90 bits per heavy atom. The van der Waals surface area contributed by atoms with E-state index in [9.17, 15) is 8.42 Å². The zero-order chi connectivity index (χ0) is 14.8. The summed E-state index contributed by atoms with van der Waals surface area (Å²) in [6.07, 6.45) is 1.47. The van der Waals surface area contributed by atoms with E-state index >= 15 is 0 Å². The summed E-state index contributed by atoms with van der Waals surface area (Å²) in [5, 5.41) is 6.54. The van der Waals surface area contributed by atoms with Gasteiger partial charge in [-0.3, -0.25) is 0 Å². The predicted octanol–water partition coefficient (Wildman–Crippen LogP) is 1.81. The summed E-state index contributed by atoms with van der Waals surface area (Å²) in [5.74, 6) is 0.468. The van der Waals surface area contributed by atoms with Crippen molar-refractivity contribution >= 4 is 15.7 Å². The Morgan fingerprint density at radius 3 is 2.40 bits per heavy atom. The van der Waals surface area contributed by atoms with Crippen LogP contribution in [0.1, 0.15) is 16.9 Å². The van der Waals surface area contributed by atoms with E-state index in [0.29, 0.717) is 21.8 Å². The third-order valence-electron chi connectivity index (χ3n) is 2.95. The lowest BCUT2D eigenvalue weighted by Crippen LogP contribution is -2.24. The van der Waals surface area contributed by atoms with Crippen LogP contribution in [0.3, 0.4) is 0 Å². The Labute approximate surface area is 118 Å². The zero-order valence-corrected chi connectivity index (χ0v) is 12.4. The SMILES string of the molecule is CNc1cc(C)c(S(=O)(=O)NCc2ccno2)c(C)c1. The fraction of sp³-hybridized carbons (Fsp3) is 0.308. The van der Waals surface area contributed by atoms with Crippen LogP contribution < -0.4 is 10.0 Å². The second-order valence-electron chi connectivity index (χ2n) is 4.49. The van der Waals surface area contributed by atoms with Gasteiger partial charge in [0.25, 0.3) is 0 Å². The average Bonchev–Trinajstić information content (AvgIpc) is 2.88. The first-order chi connectivity index (χ1) is 9.44. The molecule has 0 saturated carbocycles. The second kappa shape index (κ2) is 5.64. The number of benzene rings is 1. The number of nitrogens with zero attached hydrogens (tertiary/aromatic N) is 1. The molecule has 0 unspecified atom stereocenters. The Bertz CT molecular complexity index is 671. The first-order valence-electron chi connectivity index (χ1n) is 6.12. The lowest BCUT2D eigenvalue weighted by Gasteiger charge is -2.13. The molecule has 0 amide bonds. The van der Waals surface area contributed by atoms with Crippen LogP contribution in [0.5, 0.6) is 0 Å². The van der Waals surface area contributed by atoms with E-state index in [4.69, 9.17) is 4.52 Å². The van der Waals surface area contributed by atoms with Crippen LogP contribution >= 0.6 is 0 Å². The van der Waals surface area contributed by atoms with Crippen LogP contribution in [-0.2, 0) is 16.6 Å². The second-order valence-corrected chi connectivity index (χ2v) is 6.20. The molecule has 0 bridgehead atoms. The number of hydrogen-bond donors (Lipinski definition) is 2. The highest BCUT2D eigenvalue weighted by Gasteiger charge is 2.20. The molecule has 1 aromatic heterocycles. The van der Waals surface area contributed by atoms with Gasteiger partial charge < -0.3 is 9.84 Å². The van der Waals surface area contributed by atoms with Crippen molar-refractivity contribution in [2.75, 3.05) is 12.4 Å². The van der Waals surface area contributed by atoms with E-state index < -0.39 is 10.0 Å². The van der Waals surface area contributed by atoms with Crippen molar-refractivity contribution in [1.82, 2.24) is 9.88 Å². The smallest absolute Gasteiger partial charge is 0.241 e. The molecule has 1 heterocycles. The van der Waals surface area contributed by atoms with Gasteiger partial charge in [0.05, 0.1) is 17.6 Å². The topological polar surface area (TPSA) is 84.2 Å². The molecule has 6 nitrogen and oxygen atoms in total. The number of hydrogen-bond acceptors (Lipinski definition) is 5. The minimum atomic E-state index is -3.59. The monoisotopic (exact) mass is 295 g/mol. The van der Waals surface area contributed by atoms with Crippen LogP contribution in [0, 0.1) is 13.8 Å². The molecule has 0 spiro atoms. The summed E-state index contributed by atoms with van der Waals surface area (Å²) in [6.45, 7) is 3.63. The molecule has 0 radical (unpaired) electrons. The highest BCUT2D eigenvalue weighted by molar-refractivity contribution is 7.89. The maximum Gasteiger partial charge on any atom is 0.241 e. The van der Waals surface area contributed by atoms with Crippen LogP contribution in [0.15, 0.2) is 33.8 Å². The zero-order valence-electron chi connectivity index (χ0n) is 11.6. The average molecular weight is 295 g/mol. The van der Waals surface area contributed by atoms with Gasteiger partial charge in [-0.15, -0.1) is 0 Å². The normalized spacial score (nSPS) is 11.6. The summed E-state index contributed by atoms with van der Waals surface area (Å²) in [6, 6.07) is 5.22. The first-order valence-corrected chi connectivity index (χ1v) is 7.60. The van der Waals surface area contributed by atoms with Gasteiger partial charge in [0.2, 0.25) is 10.0 Å². The summed E-state index contributed by atoms with van der Waals surface area (Å²) in [7, 11) is -1.79. The first kappa shape index (κ1) is 14.5. The summed E-state index contributed by atoms with van der Waals surface area (Å²) < 4.78 is 32.1. The molecule has 20 heavy (non-hydrogen) atoms. The molecule has 2 rings (SSSR count). The number of sulfonamides is 1. The van der Waals surface area contributed by atoms with E-state index in [2.05, 4.69) is 15.2 Å². The minimum Gasteiger partial charge on any atom is -0.388 e. The number of rotatable bonds is 5. The maximum atomic E-state index is 12.4. The van der Waals surface area contributed by atoms with Crippen LogP contribution in [0.2, 0.25) is 0 Å². The van der Waals surface area contributed by atoms with Gasteiger partial charge in [0.15, 0.2) is 5.76 Å². The van der Waals surface area contributed by atoms with Gasteiger partial charge >= 0.3 is 0 Å². The summed E-state index contributed by atoms with van der Waals surface area (Å²) in [4.78, 5) is 0.302. The van der Waals surface area contributed by atoms with Crippen LogP contribution in [-0.4, -0.2) is 20.6 Å². The number of aromatic nitrogens is 1. The molecule has 0 aliphatic carbocycles. The highest BCUT2D eigenvalue weighted by atomic mass is 32.2. The number of aryl methyl sites for hydroxylation is 2. The Kier molecular flexibility index (Phi) is 4.10. The molecule has 7 heteroatoms. The van der Waals surface area contributed by atoms with Crippen molar-refractivity contribution in [2.24, 2.45) is 0 Å². The lowest BCUT2D eigenvalue weighted by atomic mass is 10.1. The molecule has 0 aliphatic rings. The van der Waals surface area contributed by atoms with Crippen molar-refractivity contribution in [3.63, 3.8) is 0 Å². The van der Waals surface area contributed by atoms with Crippen molar-refractivity contribution in [3.8, 4) is 0 Å². The number of anilines is 1. The highest BCUT2D eigenvalue weighted by Crippen LogP contribution is 2.24. The molecule has 0 fully saturated rings. The Morgan fingerprint density at radius 1 is 1.25 bits per heavy atom. The predicted molar refractivity (Wildman–Crippen MR) is 76.0 cm³/mol. The lowest BCUT2D eigenvalue weighted by molar-refractivity contribution is 0.380.